The van der Waals surface area contributed by atoms with Crippen LogP contribution in [0.5, 0.6) is 0 Å². The molecule has 0 N–H and O–H groups in total. The van der Waals surface area contributed by atoms with E-state index >= 15 is 0 Å². The van der Waals surface area contributed by atoms with E-state index in [0.717, 1.165) is 0 Å². The second-order valence-electron chi connectivity index (χ2n) is 13.7. The quantitative estimate of drug-likeness (QED) is 0.174. The zero-order valence-corrected chi connectivity index (χ0v) is 29.5. The van der Waals surface area contributed by atoms with Crippen LogP contribution < -0.4 is 0 Å². The highest BCUT2D eigenvalue weighted by Crippen LogP contribution is 2.44. The molecule has 0 aliphatic carbocycles. The van der Waals surface area contributed by atoms with Gasteiger partial charge >= 0.3 is 0 Å². The summed E-state index contributed by atoms with van der Waals surface area (Å²) in [4.78, 5) is 0. The van der Waals surface area contributed by atoms with Gasteiger partial charge in [0, 0.05) is 73.3 Å². The molecular formula is C48H28N2S2. The monoisotopic (exact) mass is 696 g/mol. The Kier molecular flexibility index (Phi) is 5.84. The van der Waals surface area contributed by atoms with Crippen LogP contribution in [-0.2, 0) is 0 Å². The molecule has 0 saturated carbocycles. The number of nitrogens with zero attached hydrogens (tertiary/aromatic N) is 2. The van der Waals surface area contributed by atoms with E-state index in [0.29, 0.717) is 0 Å². The van der Waals surface area contributed by atoms with Crippen LogP contribution in [0.2, 0.25) is 0 Å². The van der Waals surface area contributed by atoms with Gasteiger partial charge in [0.05, 0.1) is 22.1 Å². The van der Waals surface area contributed by atoms with Gasteiger partial charge in [-0.15, -0.1) is 22.7 Å². The van der Waals surface area contributed by atoms with E-state index in [1.807, 2.05) is 22.7 Å². The molecule has 0 unspecified atom stereocenters. The van der Waals surface area contributed by atoms with E-state index in [4.69, 9.17) is 0 Å². The van der Waals surface area contributed by atoms with Crippen molar-refractivity contribution in [2.75, 3.05) is 0 Å². The van der Waals surface area contributed by atoms with E-state index in [1.165, 1.54) is 106 Å². The first kappa shape index (κ1) is 28.5. The van der Waals surface area contributed by atoms with Gasteiger partial charge in [0.1, 0.15) is 0 Å². The lowest BCUT2D eigenvalue weighted by atomic mass is 10.0. The van der Waals surface area contributed by atoms with Gasteiger partial charge in [-0.2, -0.15) is 0 Å². The summed E-state index contributed by atoms with van der Waals surface area (Å²) in [6.45, 7) is 0. The maximum absolute atomic E-state index is 2.47. The zero-order chi connectivity index (χ0) is 33.9. The van der Waals surface area contributed by atoms with E-state index in [2.05, 4.69) is 179 Å². The predicted octanol–water partition coefficient (Wildman–Crippen LogP) is 14.3. The van der Waals surface area contributed by atoms with Crippen molar-refractivity contribution in [1.82, 2.24) is 9.13 Å². The van der Waals surface area contributed by atoms with Crippen LogP contribution in [0.25, 0.3) is 106 Å². The number of thiophene rings is 2. The molecule has 242 valence electrons. The summed E-state index contributed by atoms with van der Waals surface area (Å²) in [5.41, 5.74) is 9.84. The number of fused-ring (bicyclic) bond motifs is 12. The summed E-state index contributed by atoms with van der Waals surface area (Å²) in [5, 5.41) is 10.3. The van der Waals surface area contributed by atoms with E-state index in [9.17, 15) is 0 Å². The molecule has 0 fully saturated rings. The fourth-order valence-corrected chi connectivity index (χ4v) is 11.0. The first-order valence-corrected chi connectivity index (χ1v) is 19.3. The minimum atomic E-state index is 1.18. The molecule has 4 heteroatoms. The first-order valence-electron chi connectivity index (χ1n) is 17.7. The standard InChI is InChI=1S/C48H28N2S2/c1-2-11-30(12-3-1)49-41-18-7-4-13-33(41)38-28-44-39(27-43(38)49)34-14-5-8-19-42(34)50(44)31-22-24-46-40(26-31)36-23-21-29(25-47(36)51-46)32-16-10-17-37-35-15-6-9-20-45(35)52-48(32)37/h1-28H. The van der Waals surface area contributed by atoms with Gasteiger partial charge in [-0.3, -0.25) is 0 Å². The molecular weight excluding hydrogens is 669 g/mol. The van der Waals surface area contributed by atoms with Crippen LogP contribution in [0, 0.1) is 0 Å². The highest BCUT2D eigenvalue weighted by atomic mass is 32.1. The third-order valence-corrected chi connectivity index (χ3v) is 13.3. The van der Waals surface area contributed by atoms with Crippen molar-refractivity contribution in [3.05, 3.63) is 170 Å². The minimum Gasteiger partial charge on any atom is -0.309 e. The molecule has 0 saturated heterocycles. The number of aromatic nitrogens is 2. The van der Waals surface area contributed by atoms with Crippen molar-refractivity contribution in [1.29, 1.82) is 0 Å². The largest absolute Gasteiger partial charge is 0.309 e. The Balaban J connectivity index is 1.07. The summed E-state index contributed by atoms with van der Waals surface area (Å²) >= 11 is 3.79. The molecule has 0 aliphatic rings. The fourth-order valence-electron chi connectivity index (χ4n) is 8.61. The molecule has 12 aromatic rings. The highest BCUT2D eigenvalue weighted by molar-refractivity contribution is 7.26. The van der Waals surface area contributed by atoms with Crippen LogP contribution >= 0.6 is 22.7 Å². The minimum absolute atomic E-state index is 1.18. The molecule has 0 amide bonds. The van der Waals surface area contributed by atoms with E-state index in [1.54, 1.807) is 0 Å². The molecule has 0 radical (unpaired) electrons. The van der Waals surface area contributed by atoms with Gasteiger partial charge in [-0.25, -0.2) is 0 Å². The zero-order valence-electron chi connectivity index (χ0n) is 27.9. The maximum Gasteiger partial charge on any atom is 0.0548 e. The molecule has 4 aromatic heterocycles. The number of hydrogen-bond donors (Lipinski definition) is 0. The van der Waals surface area contributed by atoms with Crippen molar-refractivity contribution in [3.63, 3.8) is 0 Å². The maximum atomic E-state index is 2.47. The van der Waals surface area contributed by atoms with Crippen LogP contribution in [-0.4, -0.2) is 9.13 Å². The smallest absolute Gasteiger partial charge is 0.0548 e. The van der Waals surface area contributed by atoms with Gasteiger partial charge in [-0.05, 0) is 77.9 Å². The number of hydrogen-bond acceptors (Lipinski definition) is 2. The van der Waals surface area contributed by atoms with Crippen LogP contribution in [0.4, 0.5) is 0 Å². The van der Waals surface area contributed by atoms with Crippen LogP contribution in [0.3, 0.4) is 0 Å². The number of rotatable bonds is 3. The lowest BCUT2D eigenvalue weighted by molar-refractivity contribution is 1.18. The predicted molar refractivity (Wildman–Crippen MR) is 226 cm³/mol. The second-order valence-corrected chi connectivity index (χ2v) is 15.8. The Hall–Kier alpha value is -6.20. The molecule has 2 nitrogen and oxygen atoms in total. The van der Waals surface area contributed by atoms with Crippen molar-refractivity contribution in [2.45, 2.75) is 0 Å². The van der Waals surface area contributed by atoms with Crippen LogP contribution in [0.1, 0.15) is 0 Å². The summed E-state index contributed by atoms with van der Waals surface area (Å²) in [6.07, 6.45) is 0. The lowest BCUT2D eigenvalue weighted by Crippen LogP contribution is -1.94. The molecule has 8 aromatic carbocycles. The topological polar surface area (TPSA) is 9.86 Å². The summed E-state index contributed by atoms with van der Waals surface area (Å²) in [7, 11) is 0. The first-order chi connectivity index (χ1) is 25.8. The van der Waals surface area contributed by atoms with Gasteiger partial charge < -0.3 is 9.13 Å². The Labute approximate surface area is 306 Å². The Morgan fingerprint density at radius 1 is 0.308 bits per heavy atom. The molecule has 0 spiro atoms. The molecule has 0 atom stereocenters. The Bertz CT molecular complexity index is 3410. The normalized spacial score (nSPS) is 12.2. The third kappa shape index (κ3) is 3.93. The summed E-state index contributed by atoms with van der Waals surface area (Å²) in [6, 6.07) is 62.8. The number of para-hydroxylation sites is 3. The average Bonchev–Trinajstić information content (AvgIpc) is 3.94. The Morgan fingerprint density at radius 2 is 0.923 bits per heavy atom. The van der Waals surface area contributed by atoms with Crippen molar-refractivity contribution < 1.29 is 0 Å². The molecule has 4 heterocycles. The molecule has 52 heavy (non-hydrogen) atoms. The van der Waals surface area contributed by atoms with Crippen molar-refractivity contribution in [3.8, 4) is 22.5 Å². The summed E-state index contributed by atoms with van der Waals surface area (Å²) in [5.74, 6) is 0. The van der Waals surface area contributed by atoms with E-state index < -0.39 is 0 Å². The van der Waals surface area contributed by atoms with Gasteiger partial charge in [0.15, 0.2) is 0 Å². The fraction of sp³-hybridized carbons (Fsp3) is 0. The SMILES string of the molecule is c1ccc(-n2c3ccccc3c3cc4c(cc32)c2ccccc2n4-c2ccc3sc4cc(-c5cccc6c5sc5ccccc56)ccc4c3c2)cc1. The van der Waals surface area contributed by atoms with Crippen molar-refractivity contribution >= 4 is 107 Å². The second kappa shape index (κ2) is 10.7. The van der Waals surface area contributed by atoms with E-state index in [-0.39, 0.29) is 0 Å². The summed E-state index contributed by atoms with van der Waals surface area (Å²) < 4.78 is 10.2. The van der Waals surface area contributed by atoms with Gasteiger partial charge in [-0.1, -0.05) is 103 Å². The molecule has 0 bridgehead atoms. The number of benzene rings is 8. The average molecular weight is 697 g/mol. The third-order valence-electron chi connectivity index (χ3n) is 10.9. The molecule has 0 aliphatic heterocycles. The van der Waals surface area contributed by atoms with Gasteiger partial charge in [0.25, 0.3) is 0 Å². The van der Waals surface area contributed by atoms with Crippen LogP contribution in [0.15, 0.2) is 170 Å². The van der Waals surface area contributed by atoms with Gasteiger partial charge in [0.2, 0.25) is 0 Å². The Morgan fingerprint density at radius 3 is 1.69 bits per heavy atom. The molecule has 12 rings (SSSR count). The highest BCUT2D eigenvalue weighted by Gasteiger charge is 2.19. The van der Waals surface area contributed by atoms with Crippen molar-refractivity contribution in [2.24, 2.45) is 0 Å². The lowest BCUT2D eigenvalue weighted by Gasteiger charge is -2.09.